The van der Waals surface area contributed by atoms with Gasteiger partial charge in [0.05, 0.1) is 19.1 Å². The summed E-state index contributed by atoms with van der Waals surface area (Å²) >= 11 is 0. The number of hydrogen-bond acceptors (Lipinski definition) is 3. The molecule has 0 saturated carbocycles. The molecule has 5 heteroatoms. The number of hydrogen-bond donors (Lipinski definition) is 1. The topological polar surface area (TPSA) is 58.6 Å². The third kappa shape index (κ3) is 5.25. The average Bonchev–Trinajstić information content (AvgIpc) is 2.84. The molecule has 1 aliphatic rings. The Morgan fingerprint density at radius 3 is 2.46 bits per heavy atom. The van der Waals surface area contributed by atoms with E-state index < -0.39 is 0 Å². The lowest BCUT2D eigenvalue weighted by Crippen LogP contribution is -2.36. The molecule has 2 amide bonds. The van der Waals surface area contributed by atoms with Gasteiger partial charge in [-0.25, -0.2) is 0 Å². The van der Waals surface area contributed by atoms with Crippen LogP contribution < -0.4 is 10.1 Å². The molecule has 1 N–H and O–H groups in total. The fraction of sp³-hybridized carbons (Fsp3) is 0.579. The van der Waals surface area contributed by atoms with E-state index in [0.717, 1.165) is 37.2 Å². The van der Waals surface area contributed by atoms with Crippen molar-refractivity contribution in [2.24, 2.45) is 0 Å². The number of amides is 2. The standard InChI is InChI=1S/C19H28N2O3/c1-3-24-18-11-7-6-10-16(18)17(20-15(2)22)14-19(23)21-12-8-4-5-9-13-21/h6-7,10-11,17H,3-5,8-9,12-14H2,1-2H3,(H,20,22). The molecule has 0 aliphatic carbocycles. The second kappa shape index (κ2) is 9.30. The second-order valence-corrected chi connectivity index (χ2v) is 6.22. The number of carbonyl (C=O) groups is 2. The Kier molecular flexibility index (Phi) is 7.09. The molecular formula is C19H28N2O3. The first-order valence-electron chi connectivity index (χ1n) is 8.88. The molecule has 132 valence electrons. The largest absolute Gasteiger partial charge is 0.494 e. The minimum atomic E-state index is -0.360. The number of nitrogens with zero attached hydrogens (tertiary/aromatic N) is 1. The van der Waals surface area contributed by atoms with E-state index in [0.29, 0.717) is 6.61 Å². The highest BCUT2D eigenvalue weighted by atomic mass is 16.5. The average molecular weight is 332 g/mol. The number of para-hydroxylation sites is 1. The molecule has 1 saturated heterocycles. The summed E-state index contributed by atoms with van der Waals surface area (Å²) in [7, 11) is 0. The van der Waals surface area contributed by atoms with Gasteiger partial charge < -0.3 is 15.0 Å². The highest BCUT2D eigenvalue weighted by Crippen LogP contribution is 2.28. The number of nitrogens with one attached hydrogen (secondary N) is 1. The maximum atomic E-state index is 12.7. The fourth-order valence-electron chi connectivity index (χ4n) is 3.16. The zero-order valence-electron chi connectivity index (χ0n) is 14.7. The summed E-state index contributed by atoms with van der Waals surface area (Å²) in [5, 5.41) is 2.91. The van der Waals surface area contributed by atoms with Crippen LogP contribution in [0.25, 0.3) is 0 Å². The van der Waals surface area contributed by atoms with Gasteiger partial charge in [0, 0.05) is 25.6 Å². The van der Waals surface area contributed by atoms with Gasteiger partial charge in [-0.2, -0.15) is 0 Å². The zero-order chi connectivity index (χ0) is 17.4. The van der Waals surface area contributed by atoms with Crippen molar-refractivity contribution in [1.82, 2.24) is 10.2 Å². The summed E-state index contributed by atoms with van der Waals surface area (Å²) in [5.41, 5.74) is 0.859. The second-order valence-electron chi connectivity index (χ2n) is 6.22. The quantitative estimate of drug-likeness (QED) is 0.871. The summed E-state index contributed by atoms with van der Waals surface area (Å²) in [6.45, 7) is 5.58. The highest BCUT2D eigenvalue weighted by molar-refractivity contribution is 5.79. The predicted molar refractivity (Wildman–Crippen MR) is 93.8 cm³/mol. The van der Waals surface area contributed by atoms with E-state index >= 15 is 0 Å². The van der Waals surface area contributed by atoms with Crippen LogP contribution in [0.3, 0.4) is 0 Å². The minimum absolute atomic E-state index is 0.0990. The van der Waals surface area contributed by atoms with E-state index in [1.165, 1.54) is 19.8 Å². The summed E-state index contributed by atoms with van der Waals surface area (Å²) in [4.78, 5) is 26.3. The van der Waals surface area contributed by atoms with Crippen LogP contribution in [0.1, 0.15) is 57.6 Å². The van der Waals surface area contributed by atoms with Crippen molar-refractivity contribution in [3.8, 4) is 5.75 Å². The Labute approximate surface area is 144 Å². The van der Waals surface area contributed by atoms with E-state index in [1.54, 1.807) is 0 Å². The van der Waals surface area contributed by atoms with Crippen molar-refractivity contribution < 1.29 is 14.3 Å². The van der Waals surface area contributed by atoms with Crippen LogP contribution in [-0.2, 0) is 9.59 Å². The maximum absolute atomic E-state index is 12.7. The molecule has 1 aliphatic heterocycles. The van der Waals surface area contributed by atoms with Crippen LogP contribution in [-0.4, -0.2) is 36.4 Å². The zero-order valence-corrected chi connectivity index (χ0v) is 14.7. The molecule has 1 atom stereocenters. The van der Waals surface area contributed by atoms with Gasteiger partial charge in [0.25, 0.3) is 0 Å². The van der Waals surface area contributed by atoms with Gasteiger partial charge in [-0.3, -0.25) is 9.59 Å². The molecule has 0 aromatic heterocycles. The van der Waals surface area contributed by atoms with Gasteiger partial charge >= 0.3 is 0 Å². The first kappa shape index (κ1) is 18.3. The summed E-state index contributed by atoms with van der Waals surface area (Å²) < 4.78 is 5.67. The van der Waals surface area contributed by atoms with Crippen molar-refractivity contribution in [2.75, 3.05) is 19.7 Å². The van der Waals surface area contributed by atoms with Crippen molar-refractivity contribution >= 4 is 11.8 Å². The molecule has 0 spiro atoms. The molecule has 0 radical (unpaired) electrons. The lowest BCUT2D eigenvalue weighted by molar-refractivity contribution is -0.132. The van der Waals surface area contributed by atoms with Crippen LogP contribution in [0, 0.1) is 0 Å². The van der Waals surface area contributed by atoms with Crippen LogP contribution >= 0.6 is 0 Å². The van der Waals surface area contributed by atoms with E-state index in [9.17, 15) is 9.59 Å². The molecule has 0 bridgehead atoms. The summed E-state index contributed by atoms with van der Waals surface area (Å²) in [6.07, 6.45) is 4.76. The van der Waals surface area contributed by atoms with Crippen LogP contribution in [0.5, 0.6) is 5.75 Å². The first-order chi connectivity index (χ1) is 11.6. The molecule has 1 unspecified atom stereocenters. The number of rotatable bonds is 6. The van der Waals surface area contributed by atoms with Crippen LogP contribution in [0.2, 0.25) is 0 Å². The number of ether oxygens (including phenoxy) is 1. The van der Waals surface area contributed by atoms with Gasteiger partial charge in [-0.15, -0.1) is 0 Å². The number of carbonyl (C=O) groups excluding carboxylic acids is 2. The van der Waals surface area contributed by atoms with Gasteiger partial charge in [-0.1, -0.05) is 31.0 Å². The normalized spacial score (nSPS) is 16.2. The minimum Gasteiger partial charge on any atom is -0.494 e. The Morgan fingerprint density at radius 2 is 1.83 bits per heavy atom. The van der Waals surface area contributed by atoms with Crippen molar-refractivity contribution in [2.45, 2.75) is 52.0 Å². The number of likely N-dealkylation sites (tertiary alicyclic amines) is 1. The Hall–Kier alpha value is -2.04. The monoisotopic (exact) mass is 332 g/mol. The van der Waals surface area contributed by atoms with Gasteiger partial charge in [-0.05, 0) is 25.8 Å². The third-order valence-electron chi connectivity index (χ3n) is 4.31. The first-order valence-corrected chi connectivity index (χ1v) is 8.88. The van der Waals surface area contributed by atoms with Gasteiger partial charge in [0.15, 0.2) is 0 Å². The van der Waals surface area contributed by atoms with E-state index in [1.807, 2.05) is 36.1 Å². The Bertz CT molecular complexity index is 551. The SMILES string of the molecule is CCOc1ccccc1C(CC(=O)N1CCCCCC1)NC(C)=O. The summed E-state index contributed by atoms with van der Waals surface area (Å²) in [5.74, 6) is 0.680. The molecule has 24 heavy (non-hydrogen) atoms. The van der Waals surface area contributed by atoms with Crippen LogP contribution in [0.15, 0.2) is 24.3 Å². The Morgan fingerprint density at radius 1 is 1.17 bits per heavy atom. The lowest BCUT2D eigenvalue weighted by atomic mass is 10.0. The molecule has 1 fully saturated rings. The van der Waals surface area contributed by atoms with E-state index in [4.69, 9.17) is 4.74 Å². The smallest absolute Gasteiger partial charge is 0.224 e. The highest BCUT2D eigenvalue weighted by Gasteiger charge is 2.24. The van der Waals surface area contributed by atoms with Gasteiger partial charge in [0.1, 0.15) is 5.75 Å². The molecule has 2 rings (SSSR count). The Balaban J connectivity index is 2.16. The van der Waals surface area contributed by atoms with Gasteiger partial charge in [0.2, 0.25) is 11.8 Å². The molecular weight excluding hydrogens is 304 g/mol. The fourth-order valence-corrected chi connectivity index (χ4v) is 3.16. The lowest BCUT2D eigenvalue weighted by Gasteiger charge is -2.25. The van der Waals surface area contributed by atoms with Crippen molar-refractivity contribution in [1.29, 1.82) is 0 Å². The van der Waals surface area contributed by atoms with E-state index in [2.05, 4.69) is 5.32 Å². The predicted octanol–water partition coefficient (Wildman–Crippen LogP) is 3.06. The molecule has 1 aromatic rings. The molecule has 1 aromatic carbocycles. The van der Waals surface area contributed by atoms with E-state index in [-0.39, 0.29) is 24.3 Å². The maximum Gasteiger partial charge on any atom is 0.224 e. The van der Waals surface area contributed by atoms with Crippen LogP contribution in [0.4, 0.5) is 0 Å². The van der Waals surface area contributed by atoms with Crippen molar-refractivity contribution in [3.63, 3.8) is 0 Å². The molecule has 1 heterocycles. The summed E-state index contributed by atoms with van der Waals surface area (Å²) in [6, 6.07) is 7.24. The third-order valence-corrected chi connectivity index (χ3v) is 4.31. The van der Waals surface area contributed by atoms with Crippen molar-refractivity contribution in [3.05, 3.63) is 29.8 Å². The molecule has 5 nitrogen and oxygen atoms in total. The number of benzene rings is 1.